The third-order valence-electron chi connectivity index (χ3n) is 6.95. The van der Waals surface area contributed by atoms with E-state index in [-0.39, 0.29) is 34.6 Å². The average molecular weight is 395 g/mol. The van der Waals surface area contributed by atoms with E-state index in [2.05, 4.69) is 26.0 Å². The summed E-state index contributed by atoms with van der Waals surface area (Å²) in [5.74, 6) is 0.625. The minimum Gasteiger partial charge on any atom is -0.508 e. The van der Waals surface area contributed by atoms with Crippen LogP contribution in [0, 0.1) is 5.92 Å². The Kier molecular flexibility index (Phi) is 4.11. The van der Waals surface area contributed by atoms with Crippen molar-refractivity contribution in [1.82, 2.24) is 26.0 Å². The van der Waals surface area contributed by atoms with E-state index in [4.69, 9.17) is 0 Å². The van der Waals surface area contributed by atoms with E-state index in [1.807, 2.05) is 12.1 Å². The molecule has 152 valence electrons. The van der Waals surface area contributed by atoms with Crippen LogP contribution in [0.1, 0.15) is 66.9 Å². The predicted molar refractivity (Wildman–Crippen MR) is 104 cm³/mol. The molecule has 0 unspecified atom stereocenters. The highest BCUT2D eigenvalue weighted by molar-refractivity contribution is 5.92. The molecule has 6 rings (SSSR count). The number of phenolic OH excluding ortho intramolecular Hbond substituents is 1. The zero-order chi connectivity index (χ0) is 20.1. The monoisotopic (exact) mass is 395 g/mol. The van der Waals surface area contributed by atoms with Crippen LogP contribution in [0.25, 0.3) is 0 Å². The van der Waals surface area contributed by atoms with Crippen molar-refractivity contribution >= 4 is 11.8 Å². The number of hydrogen-bond donors (Lipinski definition) is 4. The van der Waals surface area contributed by atoms with Crippen LogP contribution >= 0.6 is 0 Å². The Morgan fingerprint density at radius 3 is 2.41 bits per heavy atom. The van der Waals surface area contributed by atoms with Crippen molar-refractivity contribution < 1.29 is 14.7 Å². The summed E-state index contributed by atoms with van der Waals surface area (Å²) in [5, 5.41) is 25.8. The summed E-state index contributed by atoms with van der Waals surface area (Å²) in [5.41, 5.74) is 1.05. The van der Waals surface area contributed by atoms with Crippen LogP contribution in [0.2, 0.25) is 0 Å². The zero-order valence-corrected chi connectivity index (χ0v) is 16.1. The number of aromatic amines is 1. The highest BCUT2D eigenvalue weighted by Crippen LogP contribution is 2.53. The maximum Gasteiger partial charge on any atom is 0.273 e. The van der Waals surface area contributed by atoms with Crippen LogP contribution in [0.5, 0.6) is 5.75 Å². The van der Waals surface area contributed by atoms with Gasteiger partial charge in [0.2, 0.25) is 5.91 Å². The molecule has 2 aromatic rings. The first-order valence-electron chi connectivity index (χ1n) is 10.3. The maximum atomic E-state index is 12.8. The zero-order valence-electron chi connectivity index (χ0n) is 16.1. The van der Waals surface area contributed by atoms with Gasteiger partial charge in [-0.2, -0.15) is 15.4 Å². The number of carbonyl (C=O) groups excluding carboxylic acids is 2. The molecule has 1 heterocycles. The summed E-state index contributed by atoms with van der Waals surface area (Å²) in [6.07, 6.45) is 7.56. The fraction of sp³-hybridized carbons (Fsp3) is 0.524. The largest absolute Gasteiger partial charge is 0.508 e. The fourth-order valence-electron chi connectivity index (χ4n) is 5.49. The van der Waals surface area contributed by atoms with Gasteiger partial charge in [0, 0.05) is 17.0 Å². The summed E-state index contributed by atoms with van der Waals surface area (Å²) >= 11 is 0. The number of fused-ring (bicyclic) bond motifs is 2. The van der Waals surface area contributed by atoms with Crippen LogP contribution in [0.3, 0.4) is 0 Å². The normalized spacial score (nSPS) is 32.6. The molecule has 0 spiro atoms. The predicted octanol–water partition coefficient (Wildman–Crippen LogP) is 2.01. The number of hydrogen-bond acceptors (Lipinski definition) is 5. The van der Waals surface area contributed by atoms with Crippen molar-refractivity contribution in [3.63, 3.8) is 0 Å². The lowest BCUT2D eigenvalue weighted by atomic mass is 9.54. The van der Waals surface area contributed by atoms with Crippen LogP contribution in [0.15, 0.2) is 30.5 Å². The lowest BCUT2D eigenvalue weighted by Crippen LogP contribution is -2.73. The van der Waals surface area contributed by atoms with E-state index in [1.54, 1.807) is 12.1 Å². The molecule has 4 aliphatic rings. The molecule has 8 heteroatoms. The topological polar surface area (TPSA) is 120 Å². The minimum atomic E-state index is -0.240. The molecule has 29 heavy (non-hydrogen) atoms. The first-order chi connectivity index (χ1) is 14.0. The van der Waals surface area contributed by atoms with Crippen molar-refractivity contribution in [2.75, 3.05) is 0 Å². The number of rotatable bonds is 5. The van der Waals surface area contributed by atoms with E-state index >= 15 is 0 Å². The van der Waals surface area contributed by atoms with Crippen molar-refractivity contribution in [3.05, 3.63) is 41.7 Å². The summed E-state index contributed by atoms with van der Waals surface area (Å²) in [6.45, 7) is 0. The van der Waals surface area contributed by atoms with Gasteiger partial charge in [-0.05, 0) is 68.6 Å². The van der Waals surface area contributed by atoms with Gasteiger partial charge in [0.1, 0.15) is 5.75 Å². The van der Waals surface area contributed by atoms with Crippen molar-refractivity contribution in [1.29, 1.82) is 0 Å². The average Bonchev–Trinajstić information content (AvgIpc) is 3.16. The standard InChI is InChI=1S/C21H25N5O3/c27-16-4-2-13(3-5-16)14-8-15(9-14)18(28)23-20-6-1-7-21(11-20,12-20)24-19(29)17-10-22-26-25-17/h2-5,10,14-15,27H,1,6-9,11-12H2,(H,23,28)(H,24,29)(H,22,25,26). The molecule has 0 atom stereocenters. The van der Waals surface area contributed by atoms with Gasteiger partial charge in [-0.15, -0.1) is 0 Å². The number of H-pyrrole nitrogens is 1. The van der Waals surface area contributed by atoms with Gasteiger partial charge in [-0.3, -0.25) is 9.59 Å². The van der Waals surface area contributed by atoms with Crippen LogP contribution in [-0.2, 0) is 4.79 Å². The molecule has 0 saturated heterocycles. The van der Waals surface area contributed by atoms with Gasteiger partial charge in [0.25, 0.3) is 5.91 Å². The van der Waals surface area contributed by atoms with E-state index in [9.17, 15) is 14.7 Å². The number of aromatic hydroxyl groups is 1. The van der Waals surface area contributed by atoms with E-state index < -0.39 is 0 Å². The highest BCUT2D eigenvalue weighted by atomic mass is 16.3. The summed E-state index contributed by atoms with van der Waals surface area (Å²) in [6, 6.07) is 7.27. The van der Waals surface area contributed by atoms with Crippen LogP contribution in [0.4, 0.5) is 0 Å². The molecule has 8 nitrogen and oxygen atoms in total. The lowest BCUT2D eigenvalue weighted by Gasteiger charge is -2.61. The Morgan fingerprint density at radius 1 is 1.07 bits per heavy atom. The second-order valence-electron chi connectivity index (χ2n) is 9.02. The van der Waals surface area contributed by atoms with Crippen molar-refractivity contribution in [2.45, 2.75) is 61.9 Å². The molecule has 4 aliphatic carbocycles. The van der Waals surface area contributed by atoms with Crippen LogP contribution in [-0.4, -0.2) is 43.4 Å². The summed E-state index contributed by atoms with van der Waals surface area (Å²) in [4.78, 5) is 25.2. The second kappa shape index (κ2) is 6.57. The van der Waals surface area contributed by atoms with Gasteiger partial charge in [0.05, 0.1) is 6.20 Å². The molecule has 0 radical (unpaired) electrons. The molecular weight excluding hydrogens is 370 g/mol. The molecule has 4 fully saturated rings. The molecule has 0 aliphatic heterocycles. The summed E-state index contributed by atoms with van der Waals surface area (Å²) in [7, 11) is 0. The first-order valence-corrected chi connectivity index (χ1v) is 10.3. The van der Waals surface area contributed by atoms with Gasteiger partial charge in [-0.1, -0.05) is 12.1 Å². The SMILES string of the molecule is O=C(NC12CCCC(NC(=O)C3CC(c4ccc(O)cc4)C3)(C1)C2)c1cn[nH]n1. The third kappa shape index (κ3) is 3.26. The Labute approximate surface area is 168 Å². The quantitative estimate of drug-likeness (QED) is 0.617. The van der Waals surface area contributed by atoms with Gasteiger partial charge >= 0.3 is 0 Å². The second-order valence-corrected chi connectivity index (χ2v) is 9.02. The van der Waals surface area contributed by atoms with Gasteiger partial charge < -0.3 is 15.7 Å². The molecule has 2 amide bonds. The number of phenols is 1. The highest BCUT2D eigenvalue weighted by Gasteiger charge is 2.59. The molecule has 1 aromatic heterocycles. The molecule has 1 aromatic carbocycles. The molecule has 2 bridgehead atoms. The van der Waals surface area contributed by atoms with Gasteiger partial charge in [0.15, 0.2) is 5.69 Å². The van der Waals surface area contributed by atoms with Crippen molar-refractivity contribution in [2.24, 2.45) is 5.92 Å². The van der Waals surface area contributed by atoms with Gasteiger partial charge in [-0.25, -0.2) is 0 Å². The Morgan fingerprint density at radius 2 is 1.76 bits per heavy atom. The Bertz CT molecular complexity index is 912. The van der Waals surface area contributed by atoms with Crippen LogP contribution < -0.4 is 10.6 Å². The number of nitrogens with zero attached hydrogens (tertiary/aromatic N) is 2. The molecular formula is C21H25N5O3. The smallest absolute Gasteiger partial charge is 0.273 e. The molecule has 4 saturated carbocycles. The van der Waals surface area contributed by atoms with E-state index in [0.717, 1.165) is 44.9 Å². The minimum absolute atomic E-state index is 0.0461. The lowest BCUT2D eigenvalue weighted by molar-refractivity contribution is -0.134. The number of amides is 2. The third-order valence-corrected chi connectivity index (χ3v) is 6.95. The number of benzene rings is 1. The summed E-state index contributed by atoms with van der Waals surface area (Å²) < 4.78 is 0. The first kappa shape index (κ1) is 18.1. The number of nitrogens with one attached hydrogen (secondary N) is 3. The Hall–Kier alpha value is -2.90. The van der Waals surface area contributed by atoms with E-state index in [1.165, 1.54) is 11.8 Å². The fourth-order valence-corrected chi connectivity index (χ4v) is 5.49. The maximum absolute atomic E-state index is 12.8. The molecule has 4 N–H and O–H groups in total. The number of aromatic nitrogens is 3. The Balaban J connectivity index is 1.15. The van der Waals surface area contributed by atoms with Crippen molar-refractivity contribution in [3.8, 4) is 5.75 Å². The van der Waals surface area contributed by atoms with E-state index in [0.29, 0.717) is 11.6 Å². The number of carbonyl (C=O) groups is 2.